The fourth-order valence-corrected chi connectivity index (χ4v) is 4.12. The van der Waals surface area contributed by atoms with E-state index in [1.807, 2.05) is 42.5 Å². The van der Waals surface area contributed by atoms with Crippen LogP contribution in [0.2, 0.25) is 5.02 Å². The third-order valence-electron chi connectivity index (χ3n) is 4.77. The third kappa shape index (κ3) is 5.07. The zero-order valence-electron chi connectivity index (χ0n) is 17.3. The molecule has 0 aliphatic carbocycles. The molecule has 0 radical (unpaired) electrons. The van der Waals surface area contributed by atoms with Gasteiger partial charge in [0.15, 0.2) is 0 Å². The van der Waals surface area contributed by atoms with Gasteiger partial charge in [-0.3, -0.25) is 0 Å². The Hall–Kier alpha value is -2.59. The molecule has 3 rings (SSSR count). The Morgan fingerprint density at radius 3 is 2.41 bits per heavy atom. The van der Waals surface area contributed by atoms with E-state index in [0.29, 0.717) is 28.7 Å². The van der Waals surface area contributed by atoms with Crippen LogP contribution in [0.4, 0.5) is 0 Å². The number of aromatic carboxylic acids is 1. The normalized spacial score (nSPS) is 12.7. The number of aromatic nitrogens is 2. The van der Waals surface area contributed by atoms with E-state index in [4.69, 9.17) is 16.7 Å². The number of hydrogen-bond acceptors (Lipinski definition) is 2. The van der Waals surface area contributed by atoms with Gasteiger partial charge >= 0.3 is 5.97 Å². The van der Waals surface area contributed by atoms with Crippen LogP contribution in [0.25, 0.3) is 16.9 Å². The molecule has 0 aliphatic rings. The van der Waals surface area contributed by atoms with Gasteiger partial charge < -0.3 is 5.11 Å². The van der Waals surface area contributed by atoms with Crippen molar-refractivity contribution in [2.24, 2.45) is 11.3 Å². The lowest BCUT2D eigenvalue weighted by Gasteiger charge is -2.22. The lowest BCUT2D eigenvalue weighted by atomic mass is 9.83. The molecule has 1 unspecified atom stereocenters. The molecule has 0 saturated heterocycles. The number of benzene rings is 2. The molecule has 0 saturated carbocycles. The minimum atomic E-state index is -0.963. The second-order valence-electron chi connectivity index (χ2n) is 8.81. The first-order valence-corrected chi connectivity index (χ1v) is 10.2. The highest BCUT2D eigenvalue weighted by atomic mass is 35.5. The number of carboxylic acid groups (broad SMARTS) is 1. The Labute approximate surface area is 177 Å². The molecule has 4 nitrogen and oxygen atoms in total. The first kappa shape index (κ1) is 21.1. The van der Waals surface area contributed by atoms with Gasteiger partial charge in [0.2, 0.25) is 0 Å². The summed E-state index contributed by atoms with van der Waals surface area (Å²) in [5, 5.41) is 15.4. The van der Waals surface area contributed by atoms with E-state index in [1.54, 1.807) is 16.8 Å². The summed E-state index contributed by atoms with van der Waals surface area (Å²) >= 11 is 6.20. The molecular weight excluding hydrogens is 384 g/mol. The minimum Gasteiger partial charge on any atom is -0.478 e. The Morgan fingerprint density at radius 2 is 1.83 bits per heavy atom. The standard InChI is InChI=1S/C24H27ClN2O2/c1-16(15-24(2,3)4)13-20-21(23(28)29)22(17-9-6-5-7-10-17)27(26-20)19-12-8-11-18(25)14-19/h5-12,14,16H,13,15H2,1-4H3,(H,28,29). The molecular formula is C24H27ClN2O2. The quantitative estimate of drug-likeness (QED) is 0.504. The molecule has 29 heavy (non-hydrogen) atoms. The molecule has 2 aromatic carbocycles. The average Bonchev–Trinajstić information content (AvgIpc) is 3.00. The Kier molecular flexibility index (Phi) is 6.13. The predicted octanol–water partition coefficient (Wildman–Crippen LogP) is 6.51. The molecule has 5 heteroatoms. The molecule has 0 amide bonds. The van der Waals surface area contributed by atoms with Crippen molar-refractivity contribution in [2.45, 2.75) is 40.5 Å². The molecule has 1 heterocycles. The van der Waals surface area contributed by atoms with Gasteiger partial charge in [0, 0.05) is 10.6 Å². The van der Waals surface area contributed by atoms with Gasteiger partial charge in [-0.15, -0.1) is 0 Å². The van der Waals surface area contributed by atoms with Crippen LogP contribution in [0.5, 0.6) is 0 Å². The van der Waals surface area contributed by atoms with Crippen molar-refractivity contribution >= 4 is 17.6 Å². The molecule has 0 fully saturated rings. The van der Waals surface area contributed by atoms with Gasteiger partial charge in [-0.2, -0.15) is 5.10 Å². The minimum absolute atomic E-state index is 0.167. The summed E-state index contributed by atoms with van der Waals surface area (Å²) < 4.78 is 1.71. The van der Waals surface area contributed by atoms with Gasteiger partial charge in [-0.25, -0.2) is 9.48 Å². The summed E-state index contributed by atoms with van der Waals surface area (Å²) in [5.74, 6) is -0.658. The molecule has 1 atom stereocenters. The summed E-state index contributed by atoms with van der Waals surface area (Å²) in [6.45, 7) is 8.74. The van der Waals surface area contributed by atoms with E-state index in [1.165, 1.54) is 0 Å². The Balaban J connectivity index is 2.18. The van der Waals surface area contributed by atoms with Crippen LogP contribution in [-0.4, -0.2) is 20.9 Å². The van der Waals surface area contributed by atoms with Gasteiger partial charge in [-0.05, 0) is 42.4 Å². The maximum atomic E-state index is 12.3. The van der Waals surface area contributed by atoms with Crippen molar-refractivity contribution in [3.63, 3.8) is 0 Å². The number of carbonyl (C=O) groups is 1. The predicted molar refractivity (Wildman–Crippen MR) is 118 cm³/mol. The van der Waals surface area contributed by atoms with E-state index < -0.39 is 5.97 Å². The molecule has 3 aromatic rings. The second-order valence-corrected chi connectivity index (χ2v) is 9.24. The van der Waals surface area contributed by atoms with Gasteiger partial charge in [-0.1, -0.05) is 75.7 Å². The van der Waals surface area contributed by atoms with Crippen LogP contribution in [-0.2, 0) is 6.42 Å². The Morgan fingerprint density at radius 1 is 1.14 bits per heavy atom. The SMILES string of the molecule is CC(Cc1nn(-c2cccc(Cl)c2)c(-c2ccccc2)c1C(=O)O)CC(C)(C)C. The molecule has 0 spiro atoms. The fourth-order valence-electron chi connectivity index (χ4n) is 3.94. The molecule has 1 N–H and O–H groups in total. The number of nitrogens with zero attached hydrogens (tertiary/aromatic N) is 2. The number of hydrogen-bond donors (Lipinski definition) is 1. The first-order valence-electron chi connectivity index (χ1n) is 9.82. The van der Waals surface area contributed by atoms with Crippen molar-refractivity contribution in [3.05, 3.63) is 70.9 Å². The van der Waals surface area contributed by atoms with Crippen molar-refractivity contribution in [1.29, 1.82) is 0 Å². The van der Waals surface area contributed by atoms with E-state index in [9.17, 15) is 9.90 Å². The number of rotatable bonds is 6. The zero-order chi connectivity index (χ0) is 21.2. The summed E-state index contributed by atoms with van der Waals surface area (Å²) in [6.07, 6.45) is 1.59. The maximum Gasteiger partial charge on any atom is 0.339 e. The van der Waals surface area contributed by atoms with E-state index >= 15 is 0 Å². The smallest absolute Gasteiger partial charge is 0.339 e. The summed E-state index contributed by atoms with van der Waals surface area (Å²) in [5.41, 5.74) is 3.17. The second kappa shape index (κ2) is 8.42. The monoisotopic (exact) mass is 410 g/mol. The third-order valence-corrected chi connectivity index (χ3v) is 5.01. The van der Waals surface area contributed by atoms with Crippen molar-refractivity contribution in [2.75, 3.05) is 0 Å². The summed E-state index contributed by atoms with van der Waals surface area (Å²) in [4.78, 5) is 12.3. The van der Waals surface area contributed by atoms with Crippen molar-refractivity contribution < 1.29 is 9.90 Å². The molecule has 0 bridgehead atoms. The highest BCUT2D eigenvalue weighted by Gasteiger charge is 2.27. The largest absolute Gasteiger partial charge is 0.478 e. The summed E-state index contributed by atoms with van der Waals surface area (Å²) in [7, 11) is 0. The molecule has 1 aromatic heterocycles. The molecule has 0 aliphatic heterocycles. The Bertz CT molecular complexity index is 1000. The highest BCUT2D eigenvalue weighted by molar-refractivity contribution is 6.30. The van der Waals surface area contributed by atoms with Gasteiger partial charge in [0.1, 0.15) is 5.56 Å². The average molecular weight is 411 g/mol. The van der Waals surface area contributed by atoms with Gasteiger partial charge in [0.05, 0.1) is 17.1 Å². The van der Waals surface area contributed by atoms with E-state index in [0.717, 1.165) is 17.7 Å². The van der Waals surface area contributed by atoms with Gasteiger partial charge in [0.25, 0.3) is 0 Å². The lowest BCUT2D eigenvalue weighted by molar-refractivity contribution is 0.0696. The summed E-state index contributed by atoms with van der Waals surface area (Å²) in [6, 6.07) is 16.9. The van der Waals surface area contributed by atoms with E-state index in [-0.39, 0.29) is 11.0 Å². The number of halogens is 1. The van der Waals surface area contributed by atoms with E-state index in [2.05, 4.69) is 27.7 Å². The first-order chi connectivity index (χ1) is 13.7. The van der Waals surface area contributed by atoms with Crippen molar-refractivity contribution in [3.8, 4) is 16.9 Å². The van der Waals surface area contributed by atoms with Crippen LogP contribution in [0, 0.1) is 11.3 Å². The van der Waals surface area contributed by atoms with Crippen LogP contribution in [0.1, 0.15) is 50.2 Å². The lowest BCUT2D eigenvalue weighted by Crippen LogP contribution is -2.14. The topological polar surface area (TPSA) is 55.1 Å². The van der Waals surface area contributed by atoms with Crippen LogP contribution in [0.3, 0.4) is 0 Å². The van der Waals surface area contributed by atoms with Crippen LogP contribution < -0.4 is 0 Å². The molecule has 152 valence electrons. The van der Waals surface area contributed by atoms with Crippen LogP contribution in [0.15, 0.2) is 54.6 Å². The maximum absolute atomic E-state index is 12.3. The van der Waals surface area contributed by atoms with Crippen molar-refractivity contribution in [1.82, 2.24) is 9.78 Å². The fraction of sp³-hybridized carbons (Fsp3) is 0.333. The highest BCUT2D eigenvalue weighted by Crippen LogP contribution is 2.33. The van der Waals surface area contributed by atoms with Crippen LogP contribution >= 0.6 is 11.6 Å². The zero-order valence-corrected chi connectivity index (χ0v) is 18.1. The number of carboxylic acids is 1.